The van der Waals surface area contributed by atoms with Crippen molar-refractivity contribution in [3.8, 4) is 0 Å². The smallest absolute Gasteiger partial charge is 0.308 e. The third kappa shape index (κ3) is 3.29. The Bertz CT molecular complexity index is 740. The number of nitrogens with zero attached hydrogens (tertiary/aromatic N) is 2. The van der Waals surface area contributed by atoms with Crippen LogP contribution in [0.5, 0.6) is 0 Å². The second kappa shape index (κ2) is 5.80. The zero-order valence-corrected chi connectivity index (χ0v) is 10.9. The number of rotatable bonds is 3. The molecule has 0 fully saturated rings. The minimum Gasteiger partial charge on any atom is -0.322 e. The monoisotopic (exact) mass is 313 g/mol. The Morgan fingerprint density at radius 3 is 2.67 bits per heavy atom. The van der Waals surface area contributed by atoms with Gasteiger partial charge in [0.2, 0.25) is 5.82 Å². The fourth-order valence-electron chi connectivity index (χ4n) is 1.55. The number of halogens is 3. The van der Waals surface area contributed by atoms with Crippen molar-refractivity contribution in [2.45, 2.75) is 0 Å². The van der Waals surface area contributed by atoms with E-state index < -0.39 is 33.7 Å². The summed E-state index contributed by atoms with van der Waals surface area (Å²) in [6.07, 6.45) is 1.29. The number of anilines is 1. The lowest BCUT2D eigenvalue weighted by Crippen LogP contribution is -2.15. The van der Waals surface area contributed by atoms with E-state index in [9.17, 15) is 23.7 Å². The quantitative estimate of drug-likeness (QED) is 0.536. The van der Waals surface area contributed by atoms with Crippen LogP contribution in [0, 0.1) is 21.7 Å². The fourth-order valence-corrected chi connectivity index (χ4v) is 1.73. The number of nitro benzene ring substituents is 1. The van der Waals surface area contributed by atoms with Crippen LogP contribution in [-0.4, -0.2) is 15.8 Å². The summed E-state index contributed by atoms with van der Waals surface area (Å²) in [6.45, 7) is 0. The van der Waals surface area contributed by atoms with Crippen molar-refractivity contribution in [2.24, 2.45) is 0 Å². The molecular weight excluding hydrogens is 308 g/mol. The second-order valence-electron chi connectivity index (χ2n) is 3.86. The molecule has 2 aromatic rings. The maximum absolute atomic E-state index is 13.8. The third-order valence-electron chi connectivity index (χ3n) is 2.44. The average Bonchev–Trinajstić information content (AvgIpc) is 2.40. The SMILES string of the molecule is O=C(Nc1ccnc(Cl)c1)c1cc(F)cc([N+](=O)[O-])c1F. The number of aromatic nitrogens is 1. The Kier molecular flexibility index (Phi) is 4.08. The van der Waals surface area contributed by atoms with E-state index in [1.807, 2.05) is 0 Å². The van der Waals surface area contributed by atoms with Crippen LogP contribution in [0.1, 0.15) is 10.4 Å². The van der Waals surface area contributed by atoms with Gasteiger partial charge in [0, 0.05) is 11.9 Å². The van der Waals surface area contributed by atoms with E-state index in [1.165, 1.54) is 18.3 Å². The van der Waals surface area contributed by atoms with Crippen molar-refractivity contribution in [1.29, 1.82) is 0 Å². The van der Waals surface area contributed by atoms with Gasteiger partial charge < -0.3 is 5.32 Å². The summed E-state index contributed by atoms with van der Waals surface area (Å²) in [5.74, 6) is -3.56. The molecule has 0 atom stereocenters. The van der Waals surface area contributed by atoms with Gasteiger partial charge in [0.15, 0.2) is 0 Å². The molecule has 0 bridgehead atoms. The molecule has 1 heterocycles. The standard InChI is InChI=1S/C12H6ClF2N3O3/c13-10-5-7(1-2-16-10)17-12(19)8-3-6(14)4-9(11(8)15)18(20)21/h1-5H,(H,16,17,19). The second-order valence-corrected chi connectivity index (χ2v) is 4.25. The number of nitrogens with one attached hydrogen (secondary N) is 1. The van der Waals surface area contributed by atoms with E-state index in [0.29, 0.717) is 12.1 Å². The lowest BCUT2D eigenvalue weighted by atomic mass is 10.1. The highest BCUT2D eigenvalue weighted by molar-refractivity contribution is 6.29. The Balaban J connectivity index is 2.37. The van der Waals surface area contributed by atoms with Gasteiger partial charge in [-0.25, -0.2) is 9.37 Å². The zero-order valence-electron chi connectivity index (χ0n) is 10.1. The largest absolute Gasteiger partial charge is 0.322 e. The van der Waals surface area contributed by atoms with E-state index in [1.54, 1.807) is 0 Å². The van der Waals surface area contributed by atoms with Gasteiger partial charge in [-0.05, 0) is 18.2 Å². The number of amides is 1. The number of carbonyl (C=O) groups excluding carboxylic acids is 1. The summed E-state index contributed by atoms with van der Waals surface area (Å²) >= 11 is 5.61. The van der Waals surface area contributed by atoms with Crippen LogP contribution < -0.4 is 5.32 Å². The van der Waals surface area contributed by atoms with E-state index in [0.717, 1.165) is 0 Å². The lowest BCUT2D eigenvalue weighted by molar-refractivity contribution is -0.387. The molecule has 0 aliphatic heterocycles. The number of hydrogen-bond acceptors (Lipinski definition) is 4. The van der Waals surface area contributed by atoms with E-state index in [-0.39, 0.29) is 10.8 Å². The highest BCUT2D eigenvalue weighted by Crippen LogP contribution is 2.23. The molecule has 0 aliphatic carbocycles. The minimum atomic E-state index is -1.42. The summed E-state index contributed by atoms with van der Waals surface area (Å²) in [7, 11) is 0. The summed E-state index contributed by atoms with van der Waals surface area (Å²) < 4.78 is 27.1. The molecule has 0 spiro atoms. The Morgan fingerprint density at radius 2 is 2.05 bits per heavy atom. The molecule has 2 rings (SSSR count). The van der Waals surface area contributed by atoms with Crippen LogP contribution in [0.4, 0.5) is 20.2 Å². The van der Waals surface area contributed by atoms with E-state index >= 15 is 0 Å². The van der Waals surface area contributed by atoms with Crippen molar-refractivity contribution < 1.29 is 18.5 Å². The number of carbonyl (C=O) groups is 1. The molecule has 1 N–H and O–H groups in total. The van der Waals surface area contributed by atoms with Gasteiger partial charge in [0.1, 0.15) is 11.0 Å². The van der Waals surface area contributed by atoms with Crippen LogP contribution in [0.15, 0.2) is 30.5 Å². The molecule has 0 aliphatic rings. The molecule has 0 unspecified atom stereocenters. The first-order valence-electron chi connectivity index (χ1n) is 5.45. The molecular formula is C12H6ClF2N3O3. The molecule has 1 aromatic carbocycles. The van der Waals surface area contributed by atoms with E-state index in [2.05, 4.69) is 10.3 Å². The van der Waals surface area contributed by atoms with Crippen LogP contribution in [-0.2, 0) is 0 Å². The number of hydrogen-bond donors (Lipinski definition) is 1. The maximum atomic E-state index is 13.8. The summed E-state index contributed by atoms with van der Waals surface area (Å²) in [4.78, 5) is 25.0. The summed E-state index contributed by atoms with van der Waals surface area (Å²) in [6, 6.07) is 3.62. The number of benzene rings is 1. The van der Waals surface area contributed by atoms with Crippen molar-refractivity contribution in [3.63, 3.8) is 0 Å². The first-order chi connectivity index (χ1) is 9.88. The van der Waals surface area contributed by atoms with Gasteiger partial charge in [0.05, 0.1) is 16.6 Å². The minimum absolute atomic E-state index is 0.0819. The molecule has 0 radical (unpaired) electrons. The predicted octanol–water partition coefficient (Wildman–Crippen LogP) is 3.17. The van der Waals surface area contributed by atoms with Gasteiger partial charge in [-0.3, -0.25) is 14.9 Å². The van der Waals surface area contributed by atoms with Gasteiger partial charge >= 0.3 is 5.69 Å². The molecule has 6 nitrogen and oxygen atoms in total. The van der Waals surface area contributed by atoms with Crippen LogP contribution in [0.25, 0.3) is 0 Å². The normalized spacial score (nSPS) is 10.2. The molecule has 1 amide bonds. The van der Waals surface area contributed by atoms with Crippen LogP contribution in [0.3, 0.4) is 0 Å². The van der Waals surface area contributed by atoms with Gasteiger partial charge in [-0.15, -0.1) is 0 Å². The molecule has 108 valence electrons. The topological polar surface area (TPSA) is 85.1 Å². The Labute approximate surface area is 121 Å². The zero-order chi connectivity index (χ0) is 15.6. The van der Waals surface area contributed by atoms with Gasteiger partial charge in [-0.1, -0.05) is 11.6 Å². The van der Waals surface area contributed by atoms with Crippen molar-refractivity contribution in [2.75, 3.05) is 5.32 Å². The van der Waals surface area contributed by atoms with Gasteiger partial charge in [-0.2, -0.15) is 4.39 Å². The molecule has 21 heavy (non-hydrogen) atoms. The molecule has 9 heteroatoms. The molecule has 0 saturated heterocycles. The maximum Gasteiger partial charge on any atom is 0.308 e. The molecule has 1 aromatic heterocycles. The van der Waals surface area contributed by atoms with Gasteiger partial charge in [0.25, 0.3) is 5.91 Å². The lowest BCUT2D eigenvalue weighted by Gasteiger charge is -2.06. The van der Waals surface area contributed by atoms with Crippen molar-refractivity contribution in [3.05, 3.63) is 62.9 Å². The molecule has 0 saturated carbocycles. The van der Waals surface area contributed by atoms with Crippen LogP contribution in [0.2, 0.25) is 5.15 Å². The van der Waals surface area contributed by atoms with Crippen molar-refractivity contribution in [1.82, 2.24) is 4.98 Å². The average molecular weight is 314 g/mol. The van der Waals surface area contributed by atoms with Crippen LogP contribution >= 0.6 is 11.6 Å². The van der Waals surface area contributed by atoms with Crippen molar-refractivity contribution >= 4 is 28.9 Å². The number of nitro groups is 1. The first-order valence-corrected chi connectivity index (χ1v) is 5.82. The summed E-state index contributed by atoms with van der Waals surface area (Å²) in [5.41, 5.74) is -1.71. The Hall–Kier alpha value is -2.61. The summed E-state index contributed by atoms with van der Waals surface area (Å²) in [5, 5.41) is 12.9. The number of pyridine rings is 1. The highest BCUT2D eigenvalue weighted by atomic mass is 35.5. The highest BCUT2D eigenvalue weighted by Gasteiger charge is 2.24. The predicted molar refractivity (Wildman–Crippen MR) is 70.2 cm³/mol. The third-order valence-corrected chi connectivity index (χ3v) is 2.65. The Morgan fingerprint density at radius 1 is 1.33 bits per heavy atom. The van der Waals surface area contributed by atoms with E-state index in [4.69, 9.17) is 11.6 Å². The first kappa shape index (κ1) is 14.8. The fraction of sp³-hybridized carbons (Fsp3) is 0.